The minimum Gasteiger partial charge on any atom is -0.507 e. The highest BCUT2D eigenvalue weighted by atomic mass is 16.5. The number of anilines is 1. The van der Waals surface area contributed by atoms with E-state index in [0.29, 0.717) is 23.4 Å². The molecule has 4 rings (SSSR count). The Morgan fingerprint density at radius 1 is 1.04 bits per heavy atom. The number of nitrogens with one attached hydrogen (secondary N) is 1. The number of hydrogen-bond acceptors (Lipinski definition) is 4. The smallest absolute Gasteiger partial charge is 0.258 e. The molecular formula is C22H20N2O3. The Morgan fingerprint density at radius 3 is 2.52 bits per heavy atom. The normalized spacial score (nSPS) is 15.8. The molecule has 5 nitrogen and oxygen atoms in total. The van der Waals surface area contributed by atoms with E-state index in [4.69, 9.17) is 4.74 Å². The van der Waals surface area contributed by atoms with E-state index in [2.05, 4.69) is 5.32 Å². The van der Waals surface area contributed by atoms with Gasteiger partial charge in [0.25, 0.3) is 5.91 Å². The summed E-state index contributed by atoms with van der Waals surface area (Å²) in [5.74, 6) is 0.568. The van der Waals surface area contributed by atoms with Crippen LogP contribution in [0.5, 0.6) is 11.5 Å². The number of amides is 1. The highest BCUT2D eigenvalue weighted by Crippen LogP contribution is 2.38. The van der Waals surface area contributed by atoms with Crippen LogP contribution in [0.3, 0.4) is 0 Å². The Hall–Kier alpha value is -3.47. The highest BCUT2D eigenvalue weighted by molar-refractivity contribution is 6.01. The van der Waals surface area contributed by atoms with Crippen molar-refractivity contribution in [3.8, 4) is 11.5 Å². The van der Waals surface area contributed by atoms with Crippen LogP contribution < -0.4 is 10.1 Å². The molecule has 0 saturated heterocycles. The van der Waals surface area contributed by atoms with Gasteiger partial charge in [0.2, 0.25) is 0 Å². The maximum atomic E-state index is 13.2. The fraction of sp³-hybridized carbons (Fsp3) is 0.136. The summed E-state index contributed by atoms with van der Waals surface area (Å²) in [4.78, 5) is 15.0. The van der Waals surface area contributed by atoms with E-state index in [9.17, 15) is 9.90 Å². The van der Waals surface area contributed by atoms with Gasteiger partial charge in [-0.1, -0.05) is 42.5 Å². The lowest BCUT2D eigenvalue weighted by atomic mass is 10.0. The molecule has 136 valence electrons. The molecule has 1 amide bonds. The number of ether oxygens (including phenoxy) is 1. The van der Waals surface area contributed by atoms with Crippen LogP contribution in [-0.4, -0.2) is 23.0 Å². The summed E-state index contributed by atoms with van der Waals surface area (Å²) in [5, 5.41) is 13.9. The summed E-state index contributed by atoms with van der Waals surface area (Å²) in [6, 6.07) is 22.4. The van der Waals surface area contributed by atoms with E-state index >= 15 is 0 Å². The minimum absolute atomic E-state index is 0.0755. The standard InChI is InChI=1S/C22H20N2O3/c1-27-16-11-12-18(20(25)13-16)21-23-19-10-6-5-9-17(19)22(26)24(21)14-15-7-3-2-4-8-15/h2-13,21,23,25H,14H2,1H3/t21-/m1/s1. The zero-order valence-electron chi connectivity index (χ0n) is 14.9. The summed E-state index contributed by atoms with van der Waals surface area (Å²) < 4.78 is 5.18. The molecule has 0 radical (unpaired) electrons. The number of methoxy groups -OCH3 is 1. The van der Waals surface area contributed by atoms with Crippen LogP contribution >= 0.6 is 0 Å². The topological polar surface area (TPSA) is 61.8 Å². The number of aromatic hydroxyl groups is 1. The van der Waals surface area contributed by atoms with Gasteiger partial charge in [0, 0.05) is 23.9 Å². The van der Waals surface area contributed by atoms with Gasteiger partial charge in [-0.15, -0.1) is 0 Å². The number of phenolic OH excluding ortho intramolecular Hbond substituents is 1. The molecule has 5 heteroatoms. The first-order chi connectivity index (χ1) is 13.2. The average Bonchev–Trinajstić information content (AvgIpc) is 2.71. The van der Waals surface area contributed by atoms with E-state index in [1.165, 1.54) is 0 Å². The number of carbonyl (C=O) groups excluding carboxylic acids is 1. The van der Waals surface area contributed by atoms with Crippen LogP contribution in [0.1, 0.15) is 27.7 Å². The fourth-order valence-corrected chi connectivity index (χ4v) is 3.36. The van der Waals surface area contributed by atoms with Gasteiger partial charge in [-0.05, 0) is 29.8 Å². The van der Waals surface area contributed by atoms with Crippen molar-refractivity contribution in [2.24, 2.45) is 0 Å². The van der Waals surface area contributed by atoms with E-state index in [1.54, 1.807) is 30.2 Å². The third-order valence-corrected chi connectivity index (χ3v) is 4.75. The molecule has 0 aromatic heterocycles. The molecule has 0 fully saturated rings. The van der Waals surface area contributed by atoms with Gasteiger partial charge < -0.3 is 20.1 Å². The minimum atomic E-state index is -0.487. The van der Waals surface area contributed by atoms with Crippen molar-refractivity contribution in [1.82, 2.24) is 4.90 Å². The van der Waals surface area contributed by atoms with Gasteiger partial charge in [-0.25, -0.2) is 0 Å². The van der Waals surface area contributed by atoms with Gasteiger partial charge in [0.1, 0.15) is 17.7 Å². The van der Waals surface area contributed by atoms with Gasteiger partial charge in [0.15, 0.2) is 0 Å². The molecule has 1 aliphatic heterocycles. The first-order valence-electron chi connectivity index (χ1n) is 8.75. The maximum absolute atomic E-state index is 13.2. The van der Waals surface area contributed by atoms with Gasteiger partial charge in [-0.2, -0.15) is 0 Å². The molecular weight excluding hydrogens is 340 g/mol. The second-order valence-corrected chi connectivity index (χ2v) is 6.44. The van der Waals surface area contributed by atoms with Crippen LogP contribution in [0.25, 0.3) is 0 Å². The lowest BCUT2D eigenvalue weighted by Crippen LogP contribution is -2.42. The number of rotatable bonds is 4. The van der Waals surface area contributed by atoms with Crippen molar-refractivity contribution >= 4 is 11.6 Å². The second-order valence-electron chi connectivity index (χ2n) is 6.44. The predicted octanol–water partition coefficient (Wildman–Crippen LogP) is 4.17. The van der Waals surface area contributed by atoms with Gasteiger partial charge in [0.05, 0.1) is 12.7 Å². The lowest BCUT2D eigenvalue weighted by Gasteiger charge is -2.38. The number of para-hydroxylation sites is 1. The van der Waals surface area contributed by atoms with Crippen LogP contribution in [0.4, 0.5) is 5.69 Å². The number of hydrogen-bond donors (Lipinski definition) is 2. The number of carbonyl (C=O) groups is 1. The summed E-state index contributed by atoms with van der Waals surface area (Å²) in [6.45, 7) is 0.428. The van der Waals surface area contributed by atoms with Crippen molar-refractivity contribution < 1.29 is 14.6 Å². The molecule has 0 aliphatic carbocycles. The Bertz CT molecular complexity index is 972. The monoisotopic (exact) mass is 360 g/mol. The zero-order chi connectivity index (χ0) is 18.8. The molecule has 27 heavy (non-hydrogen) atoms. The van der Waals surface area contributed by atoms with E-state index in [0.717, 1.165) is 11.3 Å². The Balaban J connectivity index is 1.78. The average molecular weight is 360 g/mol. The molecule has 0 bridgehead atoms. The van der Waals surface area contributed by atoms with Crippen molar-refractivity contribution in [3.63, 3.8) is 0 Å². The third-order valence-electron chi connectivity index (χ3n) is 4.75. The number of fused-ring (bicyclic) bond motifs is 1. The maximum Gasteiger partial charge on any atom is 0.258 e. The van der Waals surface area contributed by atoms with Gasteiger partial charge in [-0.3, -0.25) is 4.79 Å². The molecule has 2 N–H and O–H groups in total. The van der Waals surface area contributed by atoms with Crippen LogP contribution in [-0.2, 0) is 6.54 Å². The molecule has 0 spiro atoms. The second kappa shape index (κ2) is 7.03. The Labute approximate surface area is 157 Å². The third kappa shape index (κ3) is 3.19. The van der Waals surface area contributed by atoms with Crippen LogP contribution in [0.15, 0.2) is 72.8 Å². The van der Waals surface area contributed by atoms with Crippen molar-refractivity contribution in [3.05, 3.63) is 89.5 Å². The Kier molecular flexibility index (Phi) is 4.42. The quantitative estimate of drug-likeness (QED) is 0.733. The van der Waals surface area contributed by atoms with E-state index < -0.39 is 6.17 Å². The molecule has 1 atom stereocenters. The predicted molar refractivity (Wildman–Crippen MR) is 104 cm³/mol. The summed E-state index contributed by atoms with van der Waals surface area (Å²) >= 11 is 0. The highest BCUT2D eigenvalue weighted by Gasteiger charge is 2.34. The number of nitrogens with zero attached hydrogens (tertiary/aromatic N) is 1. The van der Waals surface area contributed by atoms with Crippen LogP contribution in [0.2, 0.25) is 0 Å². The first kappa shape index (κ1) is 17.0. The zero-order valence-corrected chi connectivity index (χ0v) is 14.9. The van der Waals surface area contributed by atoms with Gasteiger partial charge >= 0.3 is 0 Å². The molecule has 0 saturated carbocycles. The van der Waals surface area contributed by atoms with E-state index in [1.807, 2.05) is 54.6 Å². The molecule has 3 aromatic carbocycles. The molecule has 1 aliphatic rings. The fourth-order valence-electron chi connectivity index (χ4n) is 3.36. The van der Waals surface area contributed by atoms with Crippen molar-refractivity contribution in [2.45, 2.75) is 12.7 Å². The summed E-state index contributed by atoms with van der Waals surface area (Å²) in [7, 11) is 1.55. The molecule has 3 aromatic rings. The lowest BCUT2D eigenvalue weighted by molar-refractivity contribution is 0.0665. The number of benzene rings is 3. The summed E-state index contributed by atoms with van der Waals surface area (Å²) in [5.41, 5.74) is 3.02. The van der Waals surface area contributed by atoms with E-state index in [-0.39, 0.29) is 11.7 Å². The van der Waals surface area contributed by atoms with Crippen molar-refractivity contribution in [2.75, 3.05) is 12.4 Å². The SMILES string of the molecule is COc1ccc([C@@H]2Nc3ccccc3C(=O)N2Cc2ccccc2)c(O)c1. The van der Waals surface area contributed by atoms with Crippen LogP contribution in [0, 0.1) is 0 Å². The molecule has 0 unspecified atom stereocenters. The largest absolute Gasteiger partial charge is 0.507 e. The van der Waals surface area contributed by atoms with Crippen molar-refractivity contribution in [1.29, 1.82) is 0 Å². The first-order valence-corrected chi connectivity index (χ1v) is 8.75. The number of phenols is 1. The summed E-state index contributed by atoms with van der Waals surface area (Å²) in [6.07, 6.45) is -0.487. The molecule has 1 heterocycles. The Morgan fingerprint density at radius 2 is 1.78 bits per heavy atom.